The molecule has 2 rings (SSSR count). The normalized spacial score (nSPS) is 18.1. The lowest BCUT2D eigenvalue weighted by atomic mass is 10.0. The summed E-state index contributed by atoms with van der Waals surface area (Å²) in [6, 6.07) is 2.83. The van der Waals surface area contributed by atoms with E-state index in [0.717, 1.165) is 0 Å². The Morgan fingerprint density at radius 3 is 2.84 bits per heavy atom. The summed E-state index contributed by atoms with van der Waals surface area (Å²) >= 11 is 0. The molecular formula is C13H16N2O4. The number of carbonyl (C=O) groups excluding carboxylic acids is 1. The molecule has 1 N–H and O–H groups in total. The first-order valence-electron chi connectivity index (χ1n) is 6.01. The van der Waals surface area contributed by atoms with E-state index in [1.165, 1.54) is 18.3 Å². The van der Waals surface area contributed by atoms with Crippen LogP contribution in [0.3, 0.4) is 0 Å². The highest BCUT2D eigenvalue weighted by atomic mass is 16.5. The molecule has 1 saturated heterocycles. The predicted molar refractivity (Wildman–Crippen MR) is 67.1 cm³/mol. The molecule has 1 aliphatic rings. The molecule has 1 fully saturated rings. The van der Waals surface area contributed by atoms with E-state index in [4.69, 9.17) is 9.84 Å². The van der Waals surface area contributed by atoms with Crippen LogP contribution in [0.15, 0.2) is 18.3 Å². The zero-order valence-corrected chi connectivity index (χ0v) is 10.9. The van der Waals surface area contributed by atoms with Crippen LogP contribution in [0.4, 0.5) is 0 Å². The Hall–Kier alpha value is -1.95. The van der Waals surface area contributed by atoms with Crippen LogP contribution in [0.2, 0.25) is 0 Å². The highest BCUT2D eigenvalue weighted by Gasteiger charge is 2.34. The highest BCUT2D eigenvalue weighted by Crippen LogP contribution is 2.21. The smallest absolute Gasteiger partial charge is 0.354 e. The summed E-state index contributed by atoms with van der Waals surface area (Å²) in [5, 5.41) is 8.90. The Kier molecular flexibility index (Phi) is 3.53. The van der Waals surface area contributed by atoms with Crippen LogP contribution in [0.1, 0.15) is 34.7 Å². The molecule has 0 spiro atoms. The first kappa shape index (κ1) is 13.5. The lowest BCUT2D eigenvalue weighted by Crippen LogP contribution is -2.55. The summed E-state index contributed by atoms with van der Waals surface area (Å²) in [7, 11) is 0. The van der Waals surface area contributed by atoms with Gasteiger partial charge in [0.05, 0.1) is 18.8 Å². The molecule has 1 aromatic rings. The number of amides is 1. The van der Waals surface area contributed by atoms with Gasteiger partial charge in [0.2, 0.25) is 0 Å². The predicted octanol–water partition coefficient (Wildman–Crippen LogP) is 1.03. The van der Waals surface area contributed by atoms with E-state index in [-0.39, 0.29) is 11.6 Å². The van der Waals surface area contributed by atoms with Crippen molar-refractivity contribution in [3.63, 3.8) is 0 Å². The average molecular weight is 264 g/mol. The van der Waals surface area contributed by atoms with Crippen LogP contribution >= 0.6 is 0 Å². The van der Waals surface area contributed by atoms with E-state index >= 15 is 0 Å². The molecule has 1 aliphatic heterocycles. The topological polar surface area (TPSA) is 79.7 Å². The minimum atomic E-state index is -1.14. The number of carbonyl (C=O) groups is 2. The zero-order chi connectivity index (χ0) is 14.0. The van der Waals surface area contributed by atoms with Crippen molar-refractivity contribution < 1.29 is 19.4 Å². The lowest BCUT2D eigenvalue weighted by molar-refractivity contribution is -0.0370. The maximum Gasteiger partial charge on any atom is 0.354 e. The second-order valence-electron chi connectivity index (χ2n) is 5.06. The molecule has 0 aliphatic carbocycles. The van der Waals surface area contributed by atoms with E-state index in [1.54, 1.807) is 4.90 Å². The molecule has 0 bridgehead atoms. The Labute approximate surface area is 111 Å². The minimum Gasteiger partial charge on any atom is -0.477 e. The molecule has 0 saturated carbocycles. The monoisotopic (exact) mass is 264 g/mol. The van der Waals surface area contributed by atoms with Crippen LogP contribution in [-0.4, -0.2) is 52.2 Å². The third-order valence-corrected chi connectivity index (χ3v) is 3.12. The number of pyridine rings is 1. The Morgan fingerprint density at radius 2 is 2.21 bits per heavy atom. The van der Waals surface area contributed by atoms with Gasteiger partial charge in [-0.05, 0) is 26.0 Å². The number of morpholine rings is 1. The quantitative estimate of drug-likeness (QED) is 0.863. The zero-order valence-electron chi connectivity index (χ0n) is 10.9. The minimum absolute atomic E-state index is 0.128. The Bertz CT molecular complexity index is 513. The SMILES string of the molecule is CC1(C)COCCN1C(=O)c1ccnc(C(=O)O)c1. The van der Waals surface area contributed by atoms with Crippen molar-refractivity contribution >= 4 is 11.9 Å². The highest BCUT2D eigenvalue weighted by molar-refractivity contribution is 5.97. The van der Waals surface area contributed by atoms with Gasteiger partial charge in [-0.15, -0.1) is 0 Å². The third-order valence-electron chi connectivity index (χ3n) is 3.12. The van der Waals surface area contributed by atoms with Crippen molar-refractivity contribution in [3.8, 4) is 0 Å². The van der Waals surface area contributed by atoms with Gasteiger partial charge >= 0.3 is 5.97 Å². The number of aromatic carboxylic acids is 1. The van der Waals surface area contributed by atoms with Crippen molar-refractivity contribution in [2.75, 3.05) is 19.8 Å². The van der Waals surface area contributed by atoms with Crippen molar-refractivity contribution in [1.29, 1.82) is 0 Å². The fourth-order valence-corrected chi connectivity index (χ4v) is 2.07. The largest absolute Gasteiger partial charge is 0.477 e. The molecule has 0 atom stereocenters. The maximum absolute atomic E-state index is 12.4. The maximum atomic E-state index is 12.4. The summed E-state index contributed by atoms with van der Waals surface area (Å²) in [4.78, 5) is 28.7. The summed E-state index contributed by atoms with van der Waals surface area (Å²) in [5.41, 5.74) is -0.193. The Morgan fingerprint density at radius 1 is 1.47 bits per heavy atom. The number of hydrogen-bond donors (Lipinski definition) is 1. The lowest BCUT2D eigenvalue weighted by Gasteiger charge is -2.42. The molecular weight excluding hydrogens is 248 g/mol. The summed E-state index contributed by atoms with van der Waals surface area (Å²) in [6.07, 6.45) is 1.34. The van der Waals surface area contributed by atoms with Gasteiger partial charge < -0.3 is 14.7 Å². The number of rotatable bonds is 2. The summed E-state index contributed by atoms with van der Waals surface area (Å²) in [6.45, 7) is 5.30. The van der Waals surface area contributed by atoms with Gasteiger partial charge in [-0.2, -0.15) is 0 Å². The molecule has 102 valence electrons. The average Bonchev–Trinajstić information content (AvgIpc) is 2.37. The van der Waals surface area contributed by atoms with E-state index in [2.05, 4.69) is 4.98 Å². The fourth-order valence-electron chi connectivity index (χ4n) is 2.07. The van der Waals surface area contributed by atoms with Crippen LogP contribution < -0.4 is 0 Å². The fraction of sp³-hybridized carbons (Fsp3) is 0.462. The number of ether oxygens (including phenoxy) is 1. The van der Waals surface area contributed by atoms with Gasteiger partial charge in [-0.3, -0.25) is 4.79 Å². The molecule has 0 unspecified atom stereocenters. The first-order chi connectivity index (χ1) is 8.92. The van der Waals surface area contributed by atoms with Gasteiger partial charge in [0, 0.05) is 18.3 Å². The standard InChI is InChI=1S/C13H16N2O4/c1-13(2)8-19-6-5-15(13)11(16)9-3-4-14-10(7-9)12(17)18/h3-4,7H,5-6,8H2,1-2H3,(H,17,18). The molecule has 6 heteroatoms. The Balaban J connectivity index is 2.28. The molecule has 1 aromatic heterocycles. The number of carboxylic acids is 1. The van der Waals surface area contributed by atoms with Gasteiger partial charge in [-0.1, -0.05) is 0 Å². The van der Waals surface area contributed by atoms with Gasteiger partial charge in [0.1, 0.15) is 5.69 Å². The van der Waals surface area contributed by atoms with Crippen molar-refractivity contribution in [2.45, 2.75) is 19.4 Å². The van der Waals surface area contributed by atoms with Crippen molar-refractivity contribution in [1.82, 2.24) is 9.88 Å². The van der Waals surface area contributed by atoms with Crippen LogP contribution in [0, 0.1) is 0 Å². The molecule has 6 nitrogen and oxygen atoms in total. The van der Waals surface area contributed by atoms with E-state index in [9.17, 15) is 9.59 Å². The summed E-state index contributed by atoms with van der Waals surface area (Å²) in [5.74, 6) is -1.34. The van der Waals surface area contributed by atoms with E-state index in [0.29, 0.717) is 25.3 Å². The van der Waals surface area contributed by atoms with E-state index < -0.39 is 11.5 Å². The first-order valence-corrected chi connectivity index (χ1v) is 6.01. The number of nitrogens with zero attached hydrogens (tertiary/aromatic N) is 2. The number of hydrogen-bond acceptors (Lipinski definition) is 4. The molecule has 0 aromatic carbocycles. The molecule has 0 radical (unpaired) electrons. The molecule has 1 amide bonds. The third kappa shape index (κ3) is 2.73. The molecule has 2 heterocycles. The molecule has 19 heavy (non-hydrogen) atoms. The van der Waals surface area contributed by atoms with Gasteiger partial charge in [0.25, 0.3) is 5.91 Å². The van der Waals surface area contributed by atoms with Gasteiger partial charge in [-0.25, -0.2) is 9.78 Å². The van der Waals surface area contributed by atoms with Crippen LogP contribution in [-0.2, 0) is 4.74 Å². The van der Waals surface area contributed by atoms with E-state index in [1.807, 2.05) is 13.8 Å². The second kappa shape index (κ2) is 4.97. The number of carboxylic acid groups (broad SMARTS) is 1. The van der Waals surface area contributed by atoms with Gasteiger partial charge in [0.15, 0.2) is 0 Å². The van der Waals surface area contributed by atoms with Crippen molar-refractivity contribution in [3.05, 3.63) is 29.6 Å². The van der Waals surface area contributed by atoms with Crippen molar-refractivity contribution in [2.24, 2.45) is 0 Å². The van der Waals surface area contributed by atoms with Crippen LogP contribution in [0.5, 0.6) is 0 Å². The summed E-state index contributed by atoms with van der Waals surface area (Å²) < 4.78 is 5.36. The number of aromatic nitrogens is 1. The second-order valence-corrected chi connectivity index (χ2v) is 5.06. The van der Waals surface area contributed by atoms with Crippen LogP contribution in [0.25, 0.3) is 0 Å².